The molecule has 0 aromatic carbocycles. The molecule has 1 unspecified atom stereocenters. The molecule has 0 radical (unpaired) electrons. The summed E-state index contributed by atoms with van der Waals surface area (Å²) in [5, 5.41) is 4.84. The molecule has 3 rings (SSSR count). The number of hydrogen-bond acceptors (Lipinski definition) is 5. The zero-order valence-corrected chi connectivity index (χ0v) is 13.3. The van der Waals surface area contributed by atoms with Crippen LogP contribution in [0.15, 0.2) is 6.33 Å². The maximum absolute atomic E-state index is 4.50. The van der Waals surface area contributed by atoms with Gasteiger partial charge in [0.2, 0.25) is 0 Å². The second-order valence-electron chi connectivity index (χ2n) is 5.73. The predicted octanol–water partition coefficient (Wildman–Crippen LogP) is 3.28. The monoisotopic (exact) mass is 290 g/mol. The van der Waals surface area contributed by atoms with Crippen LogP contribution in [-0.2, 0) is 13.0 Å². The predicted molar refractivity (Wildman–Crippen MR) is 85.4 cm³/mol. The van der Waals surface area contributed by atoms with Gasteiger partial charge in [-0.05, 0) is 32.4 Å². The van der Waals surface area contributed by atoms with Crippen LogP contribution in [0.5, 0.6) is 0 Å². The third kappa shape index (κ3) is 2.52. The summed E-state index contributed by atoms with van der Waals surface area (Å²) < 4.78 is 0. The molecular formula is C15H22N4S. The first-order chi connectivity index (χ1) is 9.69. The maximum Gasteiger partial charge on any atom is 0.138 e. The molecule has 0 fully saturated rings. The van der Waals surface area contributed by atoms with Gasteiger partial charge in [0.25, 0.3) is 0 Å². The highest BCUT2D eigenvalue weighted by molar-refractivity contribution is 7.18. The lowest BCUT2D eigenvalue weighted by molar-refractivity contribution is 0.318. The fourth-order valence-corrected chi connectivity index (χ4v) is 4.17. The van der Waals surface area contributed by atoms with E-state index in [1.807, 2.05) is 11.3 Å². The number of aromatic nitrogens is 2. The Morgan fingerprint density at radius 1 is 1.45 bits per heavy atom. The highest BCUT2D eigenvalue weighted by Crippen LogP contribution is 2.37. The minimum absolute atomic E-state index is 0.458. The Balaban J connectivity index is 2.00. The number of rotatable bonds is 4. The summed E-state index contributed by atoms with van der Waals surface area (Å²) in [5.41, 5.74) is 1.47. The average Bonchev–Trinajstić information content (AvgIpc) is 2.77. The van der Waals surface area contributed by atoms with Crippen LogP contribution in [0.3, 0.4) is 0 Å². The highest BCUT2D eigenvalue weighted by atomic mass is 32.1. The van der Waals surface area contributed by atoms with Crippen molar-refractivity contribution in [3.05, 3.63) is 16.8 Å². The number of nitrogens with one attached hydrogen (secondary N) is 1. The number of likely N-dealkylation sites (N-methyl/N-ethyl adjacent to an activating group) is 1. The number of fused-ring (bicyclic) bond motifs is 3. The molecule has 0 spiro atoms. The topological polar surface area (TPSA) is 41.1 Å². The second kappa shape index (κ2) is 5.66. The van der Waals surface area contributed by atoms with Crippen molar-refractivity contribution >= 4 is 27.4 Å². The summed E-state index contributed by atoms with van der Waals surface area (Å²) in [6, 6.07) is 0.458. The second-order valence-corrected chi connectivity index (χ2v) is 6.81. The summed E-state index contributed by atoms with van der Waals surface area (Å²) in [6.45, 7) is 6.61. The zero-order chi connectivity index (χ0) is 14.1. The molecule has 0 saturated carbocycles. The van der Waals surface area contributed by atoms with Gasteiger partial charge in [0, 0.05) is 24.0 Å². The highest BCUT2D eigenvalue weighted by Gasteiger charge is 2.22. The van der Waals surface area contributed by atoms with E-state index in [9.17, 15) is 0 Å². The molecule has 1 aliphatic rings. The van der Waals surface area contributed by atoms with Gasteiger partial charge in [0.15, 0.2) is 0 Å². The van der Waals surface area contributed by atoms with Crippen LogP contribution in [-0.4, -0.2) is 34.5 Å². The largest absolute Gasteiger partial charge is 0.367 e. The molecule has 1 N–H and O–H groups in total. The average molecular weight is 290 g/mol. The molecule has 0 amide bonds. The van der Waals surface area contributed by atoms with Crippen molar-refractivity contribution < 1.29 is 0 Å². The van der Waals surface area contributed by atoms with E-state index in [1.165, 1.54) is 28.7 Å². The summed E-state index contributed by atoms with van der Waals surface area (Å²) in [6.07, 6.45) is 5.15. The van der Waals surface area contributed by atoms with Gasteiger partial charge in [-0.3, -0.25) is 0 Å². The summed E-state index contributed by atoms with van der Waals surface area (Å²) >= 11 is 1.83. The van der Waals surface area contributed by atoms with Crippen LogP contribution >= 0.6 is 11.3 Å². The van der Waals surface area contributed by atoms with E-state index in [4.69, 9.17) is 0 Å². The molecule has 0 aliphatic carbocycles. The van der Waals surface area contributed by atoms with Crippen LogP contribution in [0, 0.1) is 0 Å². The SMILES string of the molecule is CCCC(C)Nc1ncnc2sc3c(c12)CCN(C)C3. The van der Waals surface area contributed by atoms with Crippen molar-refractivity contribution in [2.45, 2.75) is 45.7 Å². The van der Waals surface area contributed by atoms with Gasteiger partial charge in [0.1, 0.15) is 17.0 Å². The Labute approximate surface area is 124 Å². The van der Waals surface area contributed by atoms with Gasteiger partial charge in [0.05, 0.1) is 5.39 Å². The normalized spacial score (nSPS) is 17.1. The minimum atomic E-state index is 0.458. The van der Waals surface area contributed by atoms with E-state index in [0.29, 0.717) is 6.04 Å². The minimum Gasteiger partial charge on any atom is -0.367 e. The lowest BCUT2D eigenvalue weighted by atomic mass is 10.1. The van der Waals surface area contributed by atoms with Crippen LogP contribution in [0.2, 0.25) is 0 Å². The number of anilines is 1. The molecule has 108 valence electrons. The zero-order valence-electron chi connectivity index (χ0n) is 12.4. The Bertz CT molecular complexity index is 607. The number of hydrogen-bond donors (Lipinski definition) is 1. The lowest BCUT2D eigenvalue weighted by Gasteiger charge is -2.22. The van der Waals surface area contributed by atoms with Gasteiger partial charge >= 0.3 is 0 Å². The van der Waals surface area contributed by atoms with Crippen LogP contribution in [0.1, 0.15) is 37.1 Å². The molecule has 3 heterocycles. The summed E-state index contributed by atoms with van der Waals surface area (Å²) in [7, 11) is 2.18. The van der Waals surface area contributed by atoms with Gasteiger partial charge in [-0.25, -0.2) is 9.97 Å². The van der Waals surface area contributed by atoms with Gasteiger partial charge < -0.3 is 10.2 Å². The molecule has 2 aromatic rings. The van der Waals surface area contributed by atoms with Crippen molar-refractivity contribution in [1.29, 1.82) is 0 Å². The van der Waals surface area contributed by atoms with E-state index in [2.05, 4.69) is 41.1 Å². The molecule has 20 heavy (non-hydrogen) atoms. The fourth-order valence-electron chi connectivity index (χ4n) is 2.90. The molecule has 2 aromatic heterocycles. The van der Waals surface area contributed by atoms with Gasteiger partial charge in [-0.2, -0.15) is 0 Å². The van der Waals surface area contributed by atoms with E-state index in [1.54, 1.807) is 6.33 Å². The van der Waals surface area contributed by atoms with E-state index < -0.39 is 0 Å². The fraction of sp³-hybridized carbons (Fsp3) is 0.600. The van der Waals surface area contributed by atoms with Crippen LogP contribution in [0.25, 0.3) is 10.2 Å². The van der Waals surface area contributed by atoms with E-state index in [0.717, 1.165) is 30.2 Å². The Morgan fingerprint density at radius 3 is 3.10 bits per heavy atom. The van der Waals surface area contributed by atoms with E-state index >= 15 is 0 Å². The summed E-state index contributed by atoms with van der Waals surface area (Å²) in [4.78, 5) is 13.9. The molecule has 5 heteroatoms. The maximum atomic E-state index is 4.50. The third-order valence-electron chi connectivity index (χ3n) is 3.93. The first-order valence-electron chi connectivity index (χ1n) is 7.39. The number of nitrogens with zero attached hydrogens (tertiary/aromatic N) is 3. The van der Waals surface area contributed by atoms with Crippen molar-refractivity contribution in [3.63, 3.8) is 0 Å². The van der Waals surface area contributed by atoms with Crippen LogP contribution < -0.4 is 5.32 Å². The van der Waals surface area contributed by atoms with Crippen molar-refractivity contribution in [1.82, 2.24) is 14.9 Å². The molecule has 0 saturated heterocycles. The Kier molecular flexibility index (Phi) is 3.89. The van der Waals surface area contributed by atoms with Gasteiger partial charge in [-0.15, -0.1) is 11.3 Å². The molecule has 1 aliphatic heterocycles. The summed E-state index contributed by atoms with van der Waals surface area (Å²) in [5.74, 6) is 1.03. The Morgan fingerprint density at radius 2 is 2.30 bits per heavy atom. The molecule has 1 atom stereocenters. The van der Waals surface area contributed by atoms with Crippen molar-refractivity contribution in [2.24, 2.45) is 0 Å². The van der Waals surface area contributed by atoms with E-state index in [-0.39, 0.29) is 0 Å². The Hall–Kier alpha value is -1.20. The standard InChI is InChI=1S/C15H22N4S/c1-4-5-10(2)18-14-13-11-6-7-19(3)8-12(11)20-15(13)17-9-16-14/h9-10H,4-8H2,1-3H3,(H,16,17,18). The molecule has 0 bridgehead atoms. The third-order valence-corrected chi connectivity index (χ3v) is 5.06. The first-order valence-corrected chi connectivity index (χ1v) is 8.21. The van der Waals surface area contributed by atoms with Gasteiger partial charge in [-0.1, -0.05) is 13.3 Å². The van der Waals surface area contributed by atoms with Crippen molar-refractivity contribution in [3.8, 4) is 0 Å². The smallest absolute Gasteiger partial charge is 0.138 e. The van der Waals surface area contributed by atoms with Crippen molar-refractivity contribution in [2.75, 3.05) is 18.9 Å². The molecular weight excluding hydrogens is 268 g/mol. The van der Waals surface area contributed by atoms with Crippen LogP contribution in [0.4, 0.5) is 5.82 Å². The number of thiophene rings is 1. The quantitative estimate of drug-likeness (QED) is 0.938. The lowest BCUT2D eigenvalue weighted by Crippen LogP contribution is -2.25. The first kappa shape index (κ1) is 13.8. The molecule has 4 nitrogen and oxygen atoms in total.